The van der Waals surface area contributed by atoms with Crippen molar-refractivity contribution in [1.82, 2.24) is 0 Å². The van der Waals surface area contributed by atoms with Crippen molar-refractivity contribution in [2.45, 2.75) is 92.4 Å². The number of carbonyl (C=O) groups excluding carboxylic acids is 3. The van der Waals surface area contributed by atoms with Crippen LogP contribution >= 0.6 is 0 Å². The van der Waals surface area contributed by atoms with E-state index in [0.29, 0.717) is 42.8 Å². The van der Waals surface area contributed by atoms with E-state index in [4.69, 9.17) is 14.2 Å². The molecule has 2 saturated carbocycles. The fourth-order valence-electron chi connectivity index (χ4n) is 7.69. The lowest BCUT2D eigenvalue weighted by molar-refractivity contribution is -0.152. The van der Waals surface area contributed by atoms with Gasteiger partial charge in [-0.1, -0.05) is 44.1 Å². The van der Waals surface area contributed by atoms with Crippen LogP contribution in [-0.4, -0.2) is 24.5 Å². The minimum Gasteiger partial charge on any atom is -0.465 e. The Bertz CT molecular complexity index is 1160. The van der Waals surface area contributed by atoms with Gasteiger partial charge in [0, 0.05) is 37.3 Å². The van der Waals surface area contributed by atoms with Gasteiger partial charge < -0.3 is 14.2 Å². The monoisotopic (exact) mass is 522 g/mol. The first-order chi connectivity index (χ1) is 17.9. The number of carbonyl (C=O) groups is 3. The van der Waals surface area contributed by atoms with Crippen LogP contribution in [0.1, 0.15) is 90.7 Å². The lowest BCUT2D eigenvalue weighted by atomic mass is 9.46. The topological polar surface area (TPSA) is 78.9 Å². The SMILES string of the molecule is C=C1CCC2[C@@](C)(COC(C)=O)CCC[C@]2(C)[C@H]1CCC1=CCc2c(OC(C)=O)ccc(OC(C)=O)c2C1. The van der Waals surface area contributed by atoms with Gasteiger partial charge >= 0.3 is 17.9 Å². The van der Waals surface area contributed by atoms with Crippen LogP contribution in [0, 0.1) is 22.7 Å². The zero-order valence-electron chi connectivity index (χ0n) is 23.6. The highest BCUT2D eigenvalue weighted by molar-refractivity contribution is 5.73. The molecule has 3 aliphatic carbocycles. The summed E-state index contributed by atoms with van der Waals surface area (Å²) in [5.41, 5.74) is 4.60. The van der Waals surface area contributed by atoms with Crippen molar-refractivity contribution in [2.24, 2.45) is 22.7 Å². The van der Waals surface area contributed by atoms with Crippen LogP contribution in [0.25, 0.3) is 0 Å². The summed E-state index contributed by atoms with van der Waals surface area (Å²) in [4.78, 5) is 35.0. The minimum absolute atomic E-state index is 0.00723. The maximum absolute atomic E-state index is 11.8. The second kappa shape index (κ2) is 11.1. The molecule has 6 nitrogen and oxygen atoms in total. The zero-order chi connectivity index (χ0) is 27.7. The summed E-state index contributed by atoms with van der Waals surface area (Å²) in [6.07, 6.45) is 11.0. The first-order valence-electron chi connectivity index (χ1n) is 13.9. The summed E-state index contributed by atoms with van der Waals surface area (Å²) < 4.78 is 16.5. The van der Waals surface area contributed by atoms with Crippen molar-refractivity contribution in [3.05, 3.63) is 47.1 Å². The van der Waals surface area contributed by atoms with Crippen LogP contribution in [-0.2, 0) is 32.0 Å². The molecule has 2 fully saturated rings. The molecule has 0 aliphatic heterocycles. The lowest BCUT2D eigenvalue weighted by Gasteiger charge is -2.58. The summed E-state index contributed by atoms with van der Waals surface area (Å²) in [7, 11) is 0. The first kappa shape index (κ1) is 28.1. The predicted molar refractivity (Wildman–Crippen MR) is 146 cm³/mol. The first-order valence-corrected chi connectivity index (χ1v) is 13.9. The molecule has 6 heteroatoms. The largest absolute Gasteiger partial charge is 0.465 e. The van der Waals surface area contributed by atoms with Gasteiger partial charge in [0.25, 0.3) is 0 Å². The lowest BCUT2D eigenvalue weighted by Crippen LogP contribution is -2.52. The Hall–Kier alpha value is -2.89. The molecule has 4 atom stereocenters. The predicted octanol–water partition coefficient (Wildman–Crippen LogP) is 6.68. The van der Waals surface area contributed by atoms with Crippen LogP contribution in [0.15, 0.2) is 35.9 Å². The van der Waals surface area contributed by atoms with Gasteiger partial charge in [0.2, 0.25) is 0 Å². The number of fused-ring (bicyclic) bond motifs is 2. The van der Waals surface area contributed by atoms with Crippen molar-refractivity contribution < 1.29 is 28.6 Å². The third kappa shape index (κ3) is 5.74. The quantitative estimate of drug-likeness (QED) is 0.226. The average Bonchev–Trinajstić information content (AvgIpc) is 2.83. The van der Waals surface area contributed by atoms with Gasteiger partial charge in [-0.3, -0.25) is 14.4 Å². The highest BCUT2D eigenvalue weighted by Crippen LogP contribution is 2.62. The number of benzene rings is 1. The van der Waals surface area contributed by atoms with E-state index >= 15 is 0 Å². The molecule has 0 aromatic heterocycles. The third-order valence-electron chi connectivity index (χ3n) is 9.35. The Morgan fingerprint density at radius 1 is 0.974 bits per heavy atom. The van der Waals surface area contributed by atoms with Crippen LogP contribution in [0.4, 0.5) is 0 Å². The molecule has 4 rings (SSSR count). The van der Waals surface area contributed by atoms with Crippen molar-refractivity contribution in [2.75, 3.05) is 6.61 Å². The van der Waals surface area contributed by atoms with E-state index < -0.39 is 0 Å². The van der Waals surface area contributed by atoms with E-state index in [2.05, 4.69) is 26.5 Å². The summed E-state index contributed by atoms with van der Waals surface area (Å²) in [6, 6.07) is 3.43. The average molecular weight is 523 g/mol. The Balaban J connectivity index is 1.53. The standard InChI is InChI=1S/C32H42O6/c1-20-8-15-30-31(5,19-36-21(2)33)16-7-17-32(30,6)27(20)12-10-24-9-11-25-26(18-24)29(38-23(4)35)14-13-28(25)37-22(3)34/h9,13-14,27,30H,1,7-8,10-12,15-19H2,2-6H3/t27-,30?,31+,32+/m0/s1. The van der Waals surface area contributed by atoms with E-state index in [1.54, 1.807) is 12.1 Å². The van der Waals surface area contributed by atoms with E-state index in [0.717, 1.165) is 49.7 Å². The molecular weight excluding hydrogens is 480 g/mol. The smallest absolute Gasteiger partial charge is 0.308 e. The summed E-state index contributed by atoms with van der Waals surface area (Å²) in [5.74, 6) is 1.02. The molecule has 206 valence electrons. The molecule has 1 aromatic rings. The van der Waals surface area contributed by atoms with E-state index in [-0.39, 0.29) is 28.7 Å². The molecular formula is C32H42O6. The van der Waals surface area contributed by atoms with Gasteiger partial charge in [-0.05, 0) is 80.8 Å². The molecule has 38 heavy (non-hydrogen) atoms. The molecule has 1 unspecified atom stereocenters. The van der Waals surface area contributed by atoms with Gasteiger partial charge in [0.15, 0.2) is 0 Å². The van der Waals surface area contributed by atoms with Crippen molar-refractivity contribution in [3.8, 4) is 11.5 Å². The normalized spacial score (nSPS) is 28.4. The Labute approximate surface area is 226 Å². The molecule has 0 N–H and O–H groups in total. The van der Waals surface area contributed by atoms with Gasteiger partial charge in [-0.2, -0.15) is 0 Å². The van der Waals surface area contributed by atoms with Gasteiger partial charge in [0.05, 0.1) is 6.61 Å². The van der Waals surface area contributed by atoms with Crippen molar-refractivity contribution in [1.29, 1.82) is 0 Å². The number of allylic oxidation sites excluding steroid dienone is 3. The molecule has 0 heterocycles. The maximum atomic E-state index is 11.8. The number of rotatable bonds is 7. The maximum Gasteiger partial charge on any atom is 0.308 e. The minimum atomic E-state index is -0.367. The highest BCUT2D eigenvalue weighted by Gasteiger charge is 2.54. The van der Waals surface area contributed by atoms with Crippen molar-refractivity contribution >= 4 is 17.9 Å². The summed E-state index contributed by atoms with van der Waals surface area (Å²) >= 11 is 0. The number of ether oxygens (including phenoxy) is 3. The fourth-order valence-corrected chi connectivity index (χ4v) is 7.69. The van der Waals surface area contributed by atoms with E-state index in [1.165, 1.54) is 38.3 Å². The molecule has 0 radical (unpaired) electrons. The molecule has 0 saturated heterocycles. The second-order valence-corrected chi connectivity index (χ2v) is 12.1. The van der Waals surface area contributed by atoms with Crippen LogP contribution in [0.2, 0.25) is 0 Å². The van der Waals surface area contributed by atoms with Crippen LogP contribution in [0.5, 0.6) is 11.5 Å². The van der Waals surface area contributed by atoms with Gasteiger partial charge in [-0.25, -0.2) is 0 Å². The van der Waals surface area contributed by atoms with Crippen molar-refractivity contribution in [3.63, 3.8) is 0 Å². The molecule has 0 spiro atoms. The van der Waals surface area contributed by atoms with Gasteiger partial charge in [-0.15, -0.1) is 0 Å². The van der Waals surface area contributed by atoms with Crippen LogP contribution in [0.3, 0.4) is 0 Å². The third-order valence-corrected chi connectivity index (χ3v) is 9.35. The van der Waals surface area contributed by atoms with E-state index in [9.17, 15) is 14.4 Å². The zero-order valence-corrected chi connectivity index (χ0v) is 23.6. The molecule has 0 bridgehead atoms. The summed E-state index contributed by atoms with van der Waals surface area (Å²) in [6.45, 7) is 14.1. The number of hydrogen-bond donors (Lipinski definition) is 0. The van der Waals surface area contributed by atoms with Gasteiger partial charge in [0.1, 0.15) is 11.5 Å². The Morgan fingerprint density at radius 2 is 1.63 bits per heavy atom. The second-order valence-electron chi connectivity index (χ2n) is 12.1. The molecule has 0 amide bonds. The summed E-state index contributed by atoms with van der Waals surface area (Å²) in [5, 5.41) is 0. The Kier molecular flexibility index (Phi) is 8.20. The fraction of sp³-hybridized carbons (Fsp3) is 0.594. The number of hydrogen-bond acceptors (Lipinski definition) is 6. The molecule has 1 aromatic carbocycles. The molecule has 3 aliphatic rings. The van der Waals surface area contributed by atoms with E-state index in [1.807, 2.05) is 0 Å². The number of esters is 3. The highest BCUT2D eigenvalue weighted by atomic mass is 16.5. The van der Waals surface area contributed by atoms with Crippen LogP contribution < -0.4 is 9.47 Å². The Morgan fingerprint density at radius 3 is 2.26 bits per heavy atom.